The molecular formula is C10H11FN6O2. The van der Waals surface area contributed by atoms with Crippen LogP contribution in [0.3, 0.4) is 0 Å². The number of aliphatic hydroxyl groups excluding tert-OH is 1. The highest BCUT2D eigenvalue weighted by atomic mass is 19.1. The first-order valence-corrected chi connectivity index (χ1v) is 5.49. The highest BCUT2D eigenvalue weighted by molar-refractivity contribution is 5.82. The second kappa shape index (κ2) is 4.14. The lowest BCUT2D eigenvalue weighted by molar-refractivity contribution is -0.0174. The van der Waals surface area contributed by atoms with E-state index >= 15 is 0 Å². The molecule has 2 aromatic rings. The van der Waals surface area contributed by atoms with E-state index in [0.29, 0.717) is 5.52 Å². The number of rotatable bonds is 2. The third-order valence-corrected chi connectivity index (χ3v) is 2.78. The molecule has 1 aliphatic heterocycles. The van der Waals surface area contributed by atoms with Crippen LogP contribution in [0.2, 0.25) is 0 Å². The highest BCUT2D eigenvalue weighted by Crippen LogP contribution is 2.32. The van der Waals surface area contributed by atoms with Gasteiger partial charge in [0.25, 0.3) is 0 Å². The predicted octanol–water partition coefficient (Wildman–Crippen LogP) is -0.266. The van der Waals surface area contributed by atoms with E-state index in [1.54, 1.807) is 0 Å². The number of fused-ring (bicyclic) bond motifs is 1. The van der Waals surface area contributed by atoms with Gasteiger partial charge in [-0.1, -0.05) is 0 Å². The number of aliphatic hydroxyl groups is 1. The van der Waals surface area contributed by atoms with E-state index in [-0.39, 0.29) is 24.0 Å². The van der Waals surface area contributed by atoms with Crippen LogP contribution in [0.15, 0.2) is 18.2 Å². The van der Waals surface area contributed by atoms with Crippen LogP contribution >= 0.6 is 0 Å². The zero-order chi connectivity index (χ0) is 13.6. The molecule has 9 heteroatoms. The number of imidazole rings is 1. The number of aromatic nitrogens is 4. The van der Waals surface area contributed by atoms with Crippen LogP contribution in [0.5, 0.6) is 0 Å². The Morgan fingerprint density at radius 3 is 2.89 bits per heavy atom. The van der Waals surface area contributed by atoms with Gasteiger partial charge in [-0.2, -0.15) is 9.97 Å². The number of anilines is 2. The predicted molar refractivity (Wildman–Crippen MR) is 64.3 cm³/mol. The molecule has 3 heterocycles. The first kappa shape index (κ1) is 11.8. The van der Waals surface area contributed by atoms with E-state index in [4.69, 9.17) is 21.3 Å². The summed E-state index contributed by atoms with van der Waals surface area (Å²) in [7, 11) is 0. The van der Waals surface area contributed by atoms with Crippen LogP contribution in [-0.4, -0.2) is 37.3 Å². The second-order valence-electron chi connectivity index (χ2n) is 4.05. The Bertz CT molecular complexity index is 669. The van der Waals surface area contributed by atoms with Gasteiger partial charge in [-0.05, 0) is 6.08 Å². The molecule has 3 rings (SSSR count). The lowest BCUT2D eigenvalue weighted by Gasteiger charge is -2.14. The quantitative estimate of drug-likeness (QED) is 0.683. The third-order valence-electron chi connectivity index (χ3n) is 2.78. The number of hydrogen-bond donors (Lipinski definition) is 3. The lowest BCUT2D eigenvalue weighted by atomic mass is 10.3. The molecule has 8 nitrogen and oxygen atoms in total. The van der Waals surface area contributed by atoms with Gasteiger partial charge in [0.15, 0.2) is 17.7 Å². The summed E-state index contributed by atoms with van der Waals surface area (Å²) in [6.45, 7) is -0.310. The number of nitrogens with two attached hydrogens (primary N) is 2. The Balaban J connectivity index is 2.10. The number of hydrogen-bond acceptors (Lipinski definition) is 7. The van der Waals surface area contributed by atoms with E-state index in [1.807, 2.05) is 0 Å². The molecule has 0 aliphatic carbocycles. The summed E-state index contributed by atoms with van der Waals surface area (Å²) in [6.07, 6.45) is 0.812. The fraction of sp³-hybridized carbons (Fsp3) is 0.300. The standard InChI is InChI=1S/C10H11FN6O2/c11-5-1-4(2-18)19-9(5)17-3-14-6-7(12)15-10(13)16-8(6)17/h1,3-4,9,18H,2H2,(H4,12,13,15,16)/t4-,9+/m0/s1. The average Bonchev–Trinajstić information content (AvgIpc) is 2.92. The van der Waals surface area contributed by atoms with Crippen LogP contribution in [0.1, 0.15) is 6.23 Å². The Morgan fingerprint density at radius 2 is 2.21 bits per heavy atom. The fourth-order valence-electron chi connectivity index (χ4n) is 1.95. The van der Waals surface area contributed by atoms with Gasteiger partial charge >= 0.3 is 0 Å². The van der Waals surface area contributed by atoms with E-state index in [1.165, 1.54) is 17.0 Å². The normalized spacial score (nSPS) is 22.9. The van der Waals surface area contributed by atoms with Crippen molar-refractivity contribution >= 4 is 22.9 Å². The molecule has 0 radical (unpaired) electrons. The lowest BCUT2D eigenvalue weighted by Crippen LogP contribution is -2.16. The van der Waals surface area contributed by atoms with Crippen molar-refractivity contribution in [1.29, 1.82) is 0 Å². The van der Waals surface area contributed by atoms with Crippen molar-refractivity contribution in [2.24, 2.45) is 0 Å². The van der Waals surface area contributed by atoms with Crippen molar-refractivity contribution in [1.82, 2.24) is 19.5 Å². The van der Waals surface area contributed by atoms with Crippen molar-refractivity contribution in [2.45, 2.75) is 12.3 Å². The third kappa shape index (κ3) is 1.79. The van der Waals surface area contributed by atoms with E-state index < -0.39 is 18.2 Å². The SMILES string of the molecule is Nc1nc(N)c2ncn([C@@H]3O[C@H](CO)C=C3F)c2n1. The highest BCUT2D eigenvalue weighted by Gasteiger charge is 2.30. The van der Waals surface area contributed by atoms with Gasteiger partial charge in [0.05, 0.1) is 12.9 Å². The summed E-state index contributed by atoms with van der Waals surface area (Å²) in [6, 6.07) is 0. The van der Waals surface area contributed by atoms with Crippen LogP contribution in [-0.2, 0) is 4.74 Å². The molecule has 5 N–H and O–H groups in total. The first-order chi connectivity index (χ1) is 9.10. The number of halogens is 1. The molecule has 1 aliphatic rings. The maximum atomic E-state index is 13.8. The summed E-state index contributed by atoms with van der Waals surface area (Å²) >= 11 is 0. The van der Waals surface area contributed by atoms with Crippen LogP contribution in [0, 0.1) is 0 Å². The smallest absolute Gasteiger partial charge is 0.224 e. The monoisotopic (exact) mass is 266 g/mol. The molecule has 0 amide bonds. The summed E-state index contributed by atoms with van der Waals surface area (Å²) in [4.78, 5) is 11.8. The Morgan fingerprint density at radius 1 is 1.42 bits per heavy atom. The second-order valence-corrected chi connectivity index (χ2v) is 4.05. The maximum Gasteiger partial charge on any atom is 0.224 e. The summed E-state index contributed by atoms with van der Waals surface area (Å²) < 4.78 is 20.5. The van der Waals surface area contributed by atoms with Crippen molar-refractivity contribution in [2.75, 3.05) is 18.1 Å². The molecule has 0 bridgehead atoms. The van der Waals surface area contributed by atoms with Gasteiger partial charge in [0.2, 0.25) is 5.95 Å². The average molecular weight is 266 g/mol. The summed E-state index contributed by atoms with van der Waals surface area (Å²) in [5.74, 6) is -0.454. The fourth-order valence-corrected chi connectivity index (χ4v) is 1.95. The van der Waals surface area contributed by atoms with Gasteiger partial charge in [0, 0.05) is 0 Å². The molecular weight excluding hydrogens is 255 g/mol. The van der Waals surface area contributed by atoms with Crippen LogP contribution in [0.4, 0.5) is 16.2 Å². The Labute approximate surface area is 106 Å². The molecule has 0 saturated heterocycles. The van der Waals surface area contributed by atoms with E-state index in [2.05, 4.69) is 15.0 Å². The minimum absolute atomic E-state index is 0.0344. The zero-order valence-electron chi connectivity index (χ0n) is 9.69. The van der Waals surface area contributed by atoms with Crippen LogP contribution < -0.4 is 11.5 Å². The molecule has 19 heavy (non-hydrogen) atoms. The van der Waals surface area contributed by atoms with Gasteiger partial charge in [-0.3, -0.25) is 4.57 Å². The summed E-state index contributed by atoms with van der Waals surface area (Å²) in [5.41, 5.74) is 11.8. The summed E-state index contributed by atoms with van der Waals surface area (Å²) in [5, 5.41) is 8.97. The molecule has 0 unspecified atom stereocenters. The van der Waals surface area contributed by atoms with Gasteiger partial charge in [0.1, 0.15) is 17.4 Å². The largest absolute Gasteiger partial charge is 0.393 e. The molecule has 2 atom stereocenters. The Hall–Kier alpha value is -2.26. The van der Waals surface area contributed by atoms with Crippen LogP contribution in [0.25, 0.3) is 11.2 Å². The molecule has 0 aromatic carbocycles. The first-order valence-electron chi connectivity index (χ1n) is 5.49. The molecule has 0 fully saturated rings. The molecule has 100 valence electrons. The topological polar surface area (TPSA) is 125 Å². The molecule has 0 saturated carbocycles. The van der Waals surface area contributed by atoms with Crippen molar-refractivity contribution in [3.05, 3.63) is 18.2 Å². The zero-order valence-corrected chi connectivity index (χ0v) is 9.69. The van der Waals surface area contributed by atoms with E-state index in [9.17, 15) is 4.39 Å². The minimum atomic E-state index is -1.03. The van der Waals surface area contributed by atoms with Crippen molar-refractivity contribution in [3.63, 3.8) is 0 Å². The minimum Gasteiger partial charge on any atom is -0.393 e. The van der Waals surface area contributed by atoms with E-state index in [0.717, 1.165) is 0 Å². The number of nitrogens with zero attached hydrogens (tertiary/aromatic N) is 4. The van der Waals surface area contributed by atoms with Crippen molar-refractivity contribution in [3.8, 4) is 0 Å². The molecule has 2 aromatic heterocycles. The number of nitrogen functional groups attached to an aromatic ring is 2. The van der Waals surface area contributed by atoms with Crippen molar-refractivity contribution < 1.29 is 14.2 Å². The van der Waals surface area contributed by atoms with Gasteiger partial charge in [-0.25, -0.2) is 9.37 Å². The molecule has 0 spiro atoms. The Kier molecular flexibility index (Phi) is 2.57. The van der Waals surface area contributed by atoms with Gasteiger partial charge < -0.3 is 21.3 Å². The number of ether oxygens (including phenoxy) is 1. The van der Waals surface area contributed by atoms with Gasteiger partial charge in [-0.15, -0.1) is 0 Å². The maximum absolute atomic E-state index is 13.8.